The molecule has 1 N–H and O–H groups in total. The Morgan fingerprint density at radius 3 is 2.96 bits per heavy atom. The zero-order valence-electron chi connectivity index (χ0n) is 12.6. The third-order valence-corrected chi connectivity index (χ3v) is 4.89. The van der Waals surface area contributed by atoms with E-state index in [0.717, 1.165) is 34.7 Å². The number of carbonyl (C=O) groups excluding carboxylic acids is 1. The second-order valence-corrected chi connectivity index (χ2v) is 6.69. The van der Waals surface area contributed by atoms with Crippen LogP contribution in [-0.2, 0) is 4.79 Å². The van der Waals surface area contributed by atoms with Gasteiger partial charge in [-0.3, -0.25) is 9.20 Å². The summed E-state index contributed by atoms with van der Waals surface area (Å²) in [7, 11) is 0. The van der Waals surface area contributed by atoms with Crippen LogP contribution in [0, 0.1) is 5.92 Å². The number of hydrogen-bond acceptors (Lipinski definition) is 3. The van der Waals surface area contributed by atoms with Gasteiger partial charge in [0.05, 0.1) is 5.69 Å². The number of amides is 1. The molecule has 23 heavy (non-hydrogen) atoms. The fourth-order valence-electron chi connectivity index (χ4n) is 2.91. The lowest BCUT2D eigenvalue weighted by Gasteiger charge is -2.09. The molecule has 0 radical (unpaired) electrons. The molecule has 1 aliphatic carbocycles. The standard InChI is InChI=1S/C18H17N3OS/c22-17(11-13-3-1-2-4-13)19-15-7-5-14(6-8-15)16-12-21-9-10-23-18(21)20-16/h1,3,5-10,12-13H,2,4,11H2,(H,19,22). The Labute approximate surface area is 138 Å². The molecule has 4 nitrogen and oxygen atoms in total. The smallest absolute Gasteiger partial charge is 0.224 e. The Balaban J connectivity index is 1.44. The predicted octanol–water partition coefficient (Wildman–Crippen LogP) is 4.36. The molecule has 0 fully saturated rings. The average molecular weight is 323 g/mol. The number of nitrogens with one attached hydrogen (secondary N) is 1. The van der Waals surface area contributed by atoms with E-state index in [1.54, 1.807) is 11.3 Å². The highest BCUT2D eigenvalue weighted by Gasteiger charge is 2.14. The van der Waals surface area contributed by atoms with E-state index in [1.807, 2.05) is 46.4 Å². The van der Waals surface area contributed by atoms with Gasteiger partial charge >= 0.3 is 0 Å². The lowest BCUT2D eigenvalue weighted by molar-refractivity contribution is -0.116. The van der Waals surface area contributed by atoms with Crippen LogP contribution >= 0.6 is 11.3 Å². The van der Waals surface area contributed by atoms with Crippen molar-refractivity contribution in [3.8, 4) is 11.3 Å². The van der Waals surface area contributed by atoms with Gasteiger partial charge in [0.2, 0.25) is 5.91 Å². The first kappa shape index (κ1) is 14.2. The summed E-state index contributed by atoms with van der Waals surface area (Å²) in [5.74, 6) is 0.476. The molecule has 3 aromatic rings. The van der Waals surface area contributed by atoms with Crippen molar-refractivity contribution in [2.24, 2.45) is 5.92 Å². The lowest BCUT2D eigenvalue weighted by atomic mass is 10.0. The molecule has 0 saturated carbocycles. The van der Waals surface area contributed by atoms with E-state index in [2.05, 4.69) is 22.5 Å². The summed E-state index contributed by atoms with van der Waals surface area (Å²) < 4.78 is 2.02. The molecule has 1 aliphatic rings. The normalized spacial score (nSPS) is 17.0. The van der Waals surface area contributed by atoms with Gasteiger partial charge in [0, 0.05) is 35.4 Å². The van der Waals surface area contributed by atoms with E-state index >= 15 is 0 Å². The van der Waals surface area contributed by atoms with Gasteiger partial charge in [-0.15, -0.1) is 11.3 Å². The van der Waals surface area contributed by atoms with Crippen LogP contribution in [0.15, 0.2) is 54.2 Å². The number of benzene rings is 1. The van der Waals surface area contributed by atoms with Crippen molar-refractivity contribution in [2.45, 2.75) is 19.3 Å². The molecule has 1 amide bonds. The Morgan fingerprint density at radius 2 is 2.22 bits per heavy atom. The van der Waals surface area contributed by atoms with Crippen LogP contribution in [0.2, 0.25) is 0 Å². The number of imidazole rings is 1. The maximum atomic E-state index is 12.0. The van der Waals surface area contributed by atoms with Gasteiger partial charge in [0.1, 0.15) is 0 Å². The Kier molecular flexibility index (Phi) is 3.71. The van der Waals surface area contributed by atoms with Crippen LogP contribution in [0.5, 0.6) is 0 Å². The number of thiazole rings is 1. The van der Waals surface area contributed by atoms with Gasteiger partial charge in [-0.2, -0.15) is 0 Å². The maximum Gasteiger partial charge on any atom is 0.224 e. The van der Waals surface area contributed by atoms with E-state index < -0.39 is 0 Å². The number of allylic oxidation sites excluding steroid dienone is 2. The summed E-state index contributed by atoms with van der Waals surface area (Å²) in [6, 6.07) is 7.87. The van der Waals surface area contributed by atoms with Crippen molar-refractivity contribution in [1.29, 1.82) is 0 Å². The molecule has 116 valence electrons. The fraction of sp³-hybridized carbons (Fsp3) is 0.222. The topological polar surface area (TPSA) is 46.4 Å². The fourth-order valence-corrected chi connectivity index (χ4v) is 3.61. The molecule has 0 spiro atoms. The van der Waals surface area contributed by atoms with E-state index in [4.69, 9.17) is 0 Å². The van der Waals surface area contributed by atoms with Crippen LogP contribution in [-0.4, -0.2) is 15.3 Å². The Bertz CT molecular complexity index is 831. The monoisotopic (exact) mass is 323 g/mol. The summed E-state index contributed by atoms with van der Waals surface area (Å²) in [4.78, 5) is 17.6. The Morgan fingerprint density at radius 1 is 1.35 bits per heavy atom. The molecule has 5 heteroatoms. The van der Waals surface area contributed by atoms with E-state index in [-0.39, 0.29) is 5.91 Å². The summed E-state index contributed by atoms with van der Waals surface area (Å²) in [5, 5.41) is 4.99. The van der Waals surface area contributed by atoms with Gasteiger partial charge < -0.3 is 5.32 Å². The van der Waals surface area contributed by atoms with Gasteiger partial charge in [0.25, 0.3) is 0 Å². The van der Waals surface area contributed by atoms with Crippen LogP contribution in [0.25, 0.3) is 16.2 Å². The van der Waals surface area contributed by atoms with Crippen molar-refractivity contribution in [3.05, 3.63) is 54.2 Å². The molecular weight excluding hydrogens is 306 g/mol. The minimum absolute atomic E-state index is 0.0804. The zero-order chi connectivity index (χ0) is 15.6. The molecule has 0 aliphatic heterocycles. The molecule has 2 aromatic heterocycles. The number of rotatable bonds is 4. The summed E-state index contributed by atoms with van der Waals surface area (Å²) >= 11 is 1.62. The first-order chi connectivity index (χ1) is 11.3. The molecule has 1 atom stereocenters. The second-order valence-electron chi connectivity index (χ2n) is 5.81. The number of nitrogens with zero attached hydrogens (tertiary/aromatic N) is 2. The molecule has 2 heterocycles. The Hall–Kier alpha value is -2.40. The first-order valence-corrected chi connectivity index (χ1v) is 8.65. The second kappa shape index (κ2) is 6.01. The number of aromatic nitrogens is 2. The number of fused-ring (bicyclic) bond motifs is 1. The van der Waals surface area contributed by atoms with E-state index in [9.17, 15) is 4.79 Å². The third-order valence-electron chi connectivity index (χ3n) is 4.12. The van der Waals surface area contributed by atoms with Crippen molar-refractivity contribution in [2.75, 3.05) is 5.32 Å². The van der Waals surface area contributed by atoms with Gasteiger partial charge in [-0.1, -0.05) is 24.3 Å². The van der Waals surface area contributed by atoms with Gasteiger partial charge in [-0.25, -0.2) is 4.98 Å². The minimum Gasteiger partial charge on any atom is -0.326 e. The van der Waals surface area contributed by atoms with Gasteiger partial charge in [-0.05, 0) is 30.9 Å². The van der Waals surface area contributed by atoms with Crippen molar-refractivity contribution < 1.29 is 4.79 Å². The zero-order valence-corrected chi connectivity index (χ0v) is 13.4. The molecule has 0 bridgehead atoms. The van der Waals surface area contributed by atoms with Crippen LogP contribution < -0.4 is 5.32 Å². The summed E-state index contributed by atoms with van der Waals surface area (Å²) in [5.41, 5.74) is 2.84. The number of hydrogen-bond donors (Lipinski definition) is 1. The van der Waals surface area contributed by atoms with Crippen molar-refractivity contribution in [3.63, 3.8) is 0 Å². The SMILES string of the molecule is O=C(CC1C=CCC1)Nc1ccc(-c2cn3ccsc3n2)cc1. The van der Waals surface area contributed by atoms with Crippen LogP contribution in [0.1, 0.15) is 19.3 Å². The summed E-state index contributed by atoms with van der Waals surface area (Å²) in [6.07, 6.45) is 11.1. The quantitative estimate of drug-likeness (QED) is 0.725. The number of anilines is 1. The first-order valence-electron chi connectivity index (χ1n) is 7.77. The molecule has 1 aromatic carbocycles. The minimum atomic E-state index is 0.0804. The number of carbonyl (C=O) groups is 1. The highest BCUT2D eigenvalue weighted by Crippen LogP contribution is 2.24. The van der Waals surface area contributed by atoms with E-state index in [0.29, 0.717) is 12.3 Å². The molecule has 1 unspecified atom stereocenters. The molecule has 4 rings (SSSR count). The highest BCUT2D eigenvalue weighted by atomic mass is 32.1. The van der Waals surface area contributed by atoms with E-state index in [1.165, 1.54) is 0 Å². The third kappa shape index (κ3) is 3.05. The van der Waals surface area contributed by atoms with Gasteiger partial charge in [0.15, 0.2) is 4.96 Å². The molecular formula is C18H17N3OS. The van der Waals surface area contributed by atoms with Crippen LogP contribution in [0.3, 0.4) is 0 Å². The highest BCUT2D eigenvalue weighted by molar-refractivity contribution is 7.15. The van der Waals surface area contributed by atoms with Crippen molar-refractivity contribution >= 4 is 27.9 Å². The van der Waals surface area contributed by atoms with Crippen molar-refractivity contribution in [1.82, 2.24) is 9.38 Å². The molecule has 0 saturated heterocycles. The lowest BCUT2D eigenvalue weighted by Crippen LogP contribution is -2.14. The maximum absolute atomic E-state index is 12.0. The van der Waals surface area contributed by atoms with Crippen LogP contribution in [0.4, 0.5) is 5.69 Å². The summed E-state index contributed by atoms with van der Waals surface area (Å²) in [6.45, 7) is 0. The largest absolute Gasteiger partial charge is 0.326 e. The average Bonchev–Trinajstić information content (AvgIpc) is 3.24. The predicted molar refractivity (Wildman–Crippen MR) is 93.6 cm³/mol.